The van der Waals surface area contributed by atoms with Gasteiger partial charge in [-0.05, 0) is 24.5 Å². The Kier molecular flexibility index (Phi) is 4.06. The summed E-state index contributed by atoms with van der Waals surface area (Å²) in [5, 5.41) is 12.2. The summed E-state index contributed by atoms with van der Waals surface area (Å²) in [6.45, 7) is 4.98. The van der Waals surface area contributed by atoms with Crippen molar-refractivity contribution in [3.8, 4) is 0 Å². The van der Waals surface area contributed by atoms with Crippen LogP contribution in [0.3, 0.4) is 0 Å². The molecule has 126 valence electrons. The highest BCUT2D eigenvalue weighted by molar-refractivity contribution is 5.75. The Morgan fingerprint density at radius 2 is 2.08 bits per heavy atom. The molecular formula is C18H24N6. The van der Waals surface area contributed by atoms with Crippen LogP contribution in [0.4, 0.5) is 0 Å². The molecule has 0 aliphatic carbocycles. The van der Waals surface area contributed by atoms with E-state index in [0.717, 1.165) is 55.5 Å². The summed E-state index contributed by atoms with van der Waals surface area (Å²) < 4.78 is 4.49. The minimum atomic E-state index is 0.633. The van der Waals surface area contributed by atoms with Crippen LogP contribution in [0.1, 0.15) is 30.8 Å². The van der Waals surface area contributed by atoms with Crippen molar-refractivity contribution in [2.45, 2.75) is 39.3 Å². The zero-order valence-corrected chi connectivity index (χ0v) is 14.4. The van der Waals surface area contributed by atoms with E-state index in [4.69, 9.17) is 4.98 Å². The van der Waals surface area contributed by atoms with Crippen molar-refractivity contribution < 1.29 is 0 Å². The molecule has 1 aromatic carbocycles. The van der Waals surface area contributed by atoms with Crippen LogP contribution in [0, 0.1) is 5.92 Å². The maximum absolute atomic E-state index is 4.73. The summed E-state index contributed by atoms with van der Waals surface area (Å²) in [5.41, 5.74) is 2.25. The van der Waals surface area contributed by atoms with Crippen LogP contribution >= 0.6 is 0 Å². The van der Waals surface area contributed by atoms with Gasteiger partial charge in [-0.1, -0.05) is 19.1 Å². The molecule has 1 N–H and O–H groups in total. The molecule has 1 atom stereocenters. The fraction of sp³-hybridized carbons (Fsp3) is 0.500. The first-order valence-corrected chi connectivity index (χ1v) is 8.78. The van der Waals surface area contributed by atoms with Crippen LogP contribution in [0.5, 0.6) is 0 Å². The number of rotatable bonds is 5. The summed E-state index contributed by atoms with van der Waals surface area (Å²) in [5.74, 6) is 3.99. The number of fused-ring (bicyclic) bond motifs is 2. The topological polar surface area (TPSA) is 60.6 Å². The lowest BCUT2D eigenvalue weighted by Gasteiger charge is -2.24. The third kappa shape index (κ3) is 2.71. The molecule has 0 saturated heterocycles. The summed E-state index contributed by atoms with van der Waals surface area (Å²) in [6, 6.07) is 8.29. The van der Waals surface area contributed by atoms with E-state index in [1.54, 1.807) is 0 Å². The van der Waals surface area contributed by atoms with Gasteiger partial charge in [0, 0.05) is 33.0 Å². The van der Waals surface area contributed by atoms with Gasteiger partial charge in [-0.25, -0.2) is 4.98 Å². The van der Waals surface area contributed by atoms with Gasteiger partial charge in [0.15, 0.2) is 0 Å². The quantitative estimate of drug-likeness (QED) is 0.780. The molecule has 2 aromatic heterocycles. The number of nitrogens with zero attached hydrogens (tertiary/aromatic N) is 5. The molecule has 3 aromatic rings. The smallest absolute Gasteiger partial charge is 0.133 e. The first-order valence-electron chi connectivity index (χ1n) is 8.78. The van der Waals surface area contributed by atoms with Gasteiger partial charge in [0.2, 0.25) is 0 Å². The average Bonchev–Trinajstić information content (AvgIpc) is 3.16. The first kappa shape index (κ1) is 15.3. The lowest BCUT2D eigenvalue weighted by molar-refractivity contribution is 0.341. The summed E-state index contributed by atoms with van der Waals surface area (Å²) in [6.07, 6.45) is 3.16. The van der Waals surface area contributed by atoms with Crippen LogP contribution < -0.4 is 5.32 Å². The molecule has 6 heteroatoms. The molecule has 3 heterocycles. The van der Waals surface area contributed by atoms with Gasteiger partial charge in [-0.3, -0.25) is 0 Å². The van der Waals surface area contributed by atoms with Gasteiger partial charge < -0.3 is 14.5 Å². The van der Waals surface area contributed by atoms with E-state index in [-0.39, 0.29) is 0 Å². The molecule has 1 unspecified atom stereocenters. The monoisotopic (exact) mass is 324 g/mol. The molecule has 0 bridgehead atoms. The molecule has 0 saturated carbocycles. The lowest BCUT2D eigenvalue weighted by Crippen LogP contribution is -2.31. The van der Waals surface area contributed by atoms with Gasteiger partial charge in [0.1, 0.15) is 17.5 Å². The fourth-order valence-corrected chi connectivity index (χ4v) is 3.62. The van der Waals surface area contributed by atoms with Gasteiger partial charge >= 0.3 is 0 Å². The van der Waals surface area contributed by atoms with Crippen LogP contribution in [-0.4, -0.2) is 30.9 Å². The second kappa shape index (κ2) is 6.36. The van der Waals surface area contributed by atoms with E-state index >= 15 is 0 Å². The van der Waals surface area contributed by atoms with Gasteiger partial charge in [0.05, 0.1) is 17.6 Å². The minimum Gasteiger partial charge on any atom is -0.330 e. The van der Waals surface area contributed by atoms with Gasteiger partial charge in [0.25, 0.3) is 0 Å². The zero-order chi connectivity index (χ0) is 16.5. The third-order valence-corrected chi connectivity index (χ3v) is 5.03. The molecular weight excluding hydrogens is 300 g/mol. The van der Waals surface area contributed by atoms with E-state index in [1.807, 2.05) is 6.07 Å². The molecule has 6 nitrogen and oxygen atoms in total. The number of hydrogen-bond donors (Lipinski definition) is 1. The highest BCUT2D eigenvalue weighted by Gasteiger charge is 2.22. The van der Waals surface area contributed by atoms with Crippen molar-refractivity contribution in [3.63, 3.8) is 0 Å². The highest BCUT2D eigenvalue weighted by Crippen LogP contribution is 2.20. The molecule has 1 aliphatic heterocycles. The standard InChI is InChI=1S/C18H24N6/c1-3-16-21-22-17-9-8-13(12-24(16)17)10-19-11-18-20-14-6-4-5-7-15(14)23(18)2/h4-7,13,19H,3,8-12H2,1-2H3. The lowest BCUT2D eigenvalue weighted by atomic mass is 9.99. The van der Waals surface area contributed by atoms with E-state index in [2.05, 4.69) is 56.8 Å². The molecule has 0 amide bonds. The van der Waals surface area contributed by atoms with Crippen LogP contribution in [0.25, 0.3) is 11.0 Å². The van der Waals surface area contributed by atoms with Crippen molar-refractivity contribution in [1.82, 2.24) is 29.6 Å². The number of hydrogen-bond acceptors (Lipinski definition) is 4. The Morgan fingerprint density at radius 1 is 1.21 bits per heavy atom. The largest absolute Gasteiger partial charge is 0.330 e. The Hall–Kier alpha value is -2.21. The molecule has 0 fully saturated rings. The van der Waals surface area contributed by atoms with Gasteiger partial charge in [-0.15, -0.1) is 10.2 Å². The molecule has 1 aliphatic rings. The predicted molar refractivity (Wildman–Crippen MR) is 93.6 cm³/mol. The number of imidazole rings is 1. The van der Waals surface area contributed by atoms with Crippen molar-refractivity contribution in [3.05, 3.63) is 41.7 Å². The summed E-state index contributed by atoms with van der Waals surface area (Å²) in [7, 11) is 2.09. The normalized spacial score (nSPS) is 17.3. The maximum Gasteiger partial charge on any atom is 0.133 e. The molecule has 0 radical (unpaired) electrons. The van der Waals surface area contributed by atoms with Crippen LogP contribution in [0.2, 0.25) is 0 Å². The highest BCUT2D eigenvalue weighted by atomic mass is 15.3. The van der Waals surface area contributed by atoms with Crippen LogP contribution in [-0.2, 0) is 33.0 Å². The van der Waals surface area contributed by atoms with E-state index < -0.39 is 0 Å². The number of nitrogens with one attached hydrogen (secondary N) is 1. The molecule has 4 rings (SSSR count). The summed E-state index contributed by atoms with van der Waals surface area (Å²) >= 11 is 0. The second-order valence-electron chi connectivity index (χ2n) is 6.61. The van der Waals surface area contributed by atoms with Crippen molar-refractivity contribution in [2.24, 2.45) is 13.0 Å². The number of para-hydroxylation sites is 2. The number of aryl methyl sites for hydroxylation is 3. The fourth-order valence-electron chi connectivity index (χ4n) is 3.62. The SMILES string of the molecule is CCc1nnc2n1CC(CNCc1nc3ccccc3n1C)CC2. The van der Waals surface area contributed by atoms with Crippen molar-refractivity contribution >= 4 is 11.0 Å². The third-order valence-electron chi connectivity index (χ3n) is 5.03. The Balaban J connectivity index is 1.38. The Bertz CT molecular complexity index is 833. The zero-order valence-electron chi connectivity index (χ0n) is 14.4. The van der Waals surface area contributed by atoms with E-state index in [9.17, 15) is 0 Å². The number of aromatic nitrogens is 5. The molecule has 0 spiro atoms. The van der Waals surface area contributed by atoms with Gasteiger partial charge in [-0.2, -0.15) is 0 Å². The Labute approximate surface area is 141 Å². The molecule has 24 heavy (non-hydrogen) atoms. The average molecular weight is 324 g/mol. The number of benzene rings is 1. The summed E-state index contributed by atoms with van der Waals surface area (Å²) in [4.78, 5) is 4.73. The van der Waals surface area contributed by atoms with E-state index in [1.165, 1.54) is 11.9 Å². The first-order chi connectivity index (χ1) is 11.8. The predicted octanol–water partition coefficient (Wildman–Crippen LogP) is 2.08. The van der Waals surface area contributed by atoms with Crippen LogP contribution in [0.15, 0.2) is 24.3 Å². The Morgan fingerprint density at radius 3 is 2.92 bits per heavy atom. The van der Waals surface area contributed by atoms with E-state index in [0.29, 0.717) is 5.92 Å². The van der Waals surface area contributed by atoms with Crippen molar-refractivity contribution in [2.75, 3.05) is 6.54 Å². The second-order valence-corrected chi connectivity index (χ2v) is 6.61. The maximum atomic E-state index is 4.73. The van der Waals surface area contributed by atoms with Crippen molar-refractivity contribution in [1.29, 1.82) is 0 Å². The minimum absolute atomic E-state index is 0.633.